The minimum atomic E-state index is 0.0806. The third-order valence-corrected chi connectivity index (χ3v) is 4.61. The third kappa shape index (κ3) is 6.51. The number of nitrogens with one attached hydrogen (secondary N) is 1. The van der Waals surface area contributed by atoms with E-state index in [1.807, 2.05) is 19.1 Å². The van der Waals surface area contributed by atoms with Crippen LogP contribution < -0.4 is 5.32 Å². The molecule has 1 unspecified atom stereocenters. The van der Waals surface area contributed by atoms with E-state index < -0.39 is 0 Å². The van der Waals surface area contributed by atoms with Crippen LogP contribution in [0.15, 0.2) is 22.8 Å². The largest absolute Gasteiger partial charge is 0.467 e. The fourth-order valence-corrected chi connectivity index (χ4v) is 2.77. The van der Waals surface area contributed by atoms with Gasteiger partial charge in [0, 0.05) is 39.3 Å². The number of furan rings is 1. The lowest BCUT2D eigenvalue weighted by atomic mass is 10.2. The lowest BCUT2D eigenvalue weighted by Crippen LogP contribution is -2.52. The molecule has 1 N–H and O–H groups in total. The van der Waals surface area contributed by atoms with E-state index in [-0.39, 0.29) is 17.9 Å². The van der Waals surface area contributed by atoms with Crippen molar-refractivity contribution in [2.45, 2.75) is 32.9 Å². The second kappa shape index (κ2) is 9.58. The first-order chi connectivity index (χ1) is 12.0. The van der Waals surface area contributed by atoms with Crippen molar-refractivity contribution in [3.63, 3.8) is 0 Å². The Morgan fingerprint density at radius 2 is 1.88 bits per heavy atom. The molecule has 0 bridgehead atoms. The van der Waals surface area contributed by atoms with Gasteiger partial charge in [0.2, 0.25) is 11.8 Å². The molecule has 140 valence electrons. The van der Waals surface area contributed by atoms with Gasteiger partial charge in [-0.15, -0.1) is 0 Å². The summed E-state index contributed by atoms with van der Waals surface area (Å²) >= 11 is 0. The standard InChI is InChI=1S/C18H30N4O3/c1-4-15(2)19-17(23)13-21-7-9-22(10-8-21)14-18(24)20(3)12-16-6-5-11-25-16/h5-6,11,15H,4,7-10,12-14H2,1-3H3,(H,19,23). The van der Waals surface area contributed by atoms with Crippen molar-refractivity contribution in [3.8, 4) is 0 Å². The number of amides is 2. The van der Waals surface area contributed by atoms with Crippen molar-refractivity contribution in [2.75, 3.05) is 46.3 Å². The first kappa shape index (κ1) is 19.5. The van der Waals surface area contributed by atoms with Crippen LogP contribution in [-0.4, -0.2) is 78.9 Å². The number of rotatable bonds is 8. The van der Waals surface area contributed by atoms with Gasteiger partial charge in [-0.05, 0) is 25.5 Å². The molecule has 0 aliphatic carbocycles. The predicted molar refractivity (Wildman–Crippen MR) is 96.0 cm³/mol. The maximum absolute atomic E-state index is 12.3. The van der Waals surface area contributed by atoms with E-state index in [1.54, 1.807) is 18.2 Å². The van der Waals surface area contributed by atoms with Gasteiger partial charge in [-0.1, -0.05) is 6.92 Å². The number of carbonyl (C=O) groups is 2. The molecule has 0 radical (unpaired) electrons. The van der Waals surface area contributed by atoms with Crippen LogP contribution in [0.5, 0.6) is 0 Å². The van der Waals surface area contributed by atoms with E-state index in [2.05, 4.69) is 22.0 Å². The Morgan fingerprint density at radius 3 is 2.44 bits per heavy atom. The van der Waals surface area contributed by atoms with Crippen molar-refractivity contribution in [1.82, 2.24) is 20.0 Å². The zero-order valence-electron chi connectivity index (χ0n) is 15.5. The van der Waals surface area contributed by atoms with E-state index in [1.165, 1.54) is 0 Å². The Labute approximate surface area is 149 Å². The van der Waals surface area contributed by atoms with Gasteiger partial charge < -0.3 is 14.6 Å². The summed E-state index contributed by atoms with van der Waals surface area (Å²) in [6, 6.07) is 3.91. The van der Waals surface area contributed by atoms with Crippen LogP contribution in [0.2, 0.25) is 0 Å². The fraction of sp³-hybridized carbons (Fsp3) is 0.667. The predicted octanol–water partition coefficient (Wildman–Crippen LogP) is 0.770. The average molecular weight is 350 g/mol. The van der Waals surface area contributed by atoms with E-state index in [0.717, 1.165) is 38.4 Å². The van der Waals surface area contributed by atoms with Gasteiger partial charge in [0.05, 0.1) is 25.9 Å². The molecule has 7 heteroatoms. The molecular weight excluding hydrogens is 320 g/mol. The first-order valence-corrected chi connectivity index (χ1v) is 8.98. The summed E-state index contributed by atoms with van der Waals surface area (Å²) in [6.07, 6.45) is 2.55. The second-order valence-corrected chi connectivity index (χ2v) is 6.76. The van der Waals surface area contributed by atoms with E-state index >= 15 is 0 Å². The number of carbonyl (C=O) groups excluding carboxylic acids is 2. The minimum Gasteiger partial charge on any atom is -0.467 e. The Kier molecular flexibility index (Phi) is 7.46. The fourth-order valence-electron chi connectivity index (χ4n) is 2.77. The van der Waals surface area contributed by atoms with Crippen molar-refractivity contribution in [3.05, 3.63) is 24.2 Å². The van der Waals surface area contributed by atoms with Crippen molar-refractivity contribution >= 4 is 11.8 Å². The quantitative estimate of drug-likeness (QED) is 0.750. The number of likely N-dealkylation sites (N-methyl/N-ethyl adjacent to an activating group) is 1. The van der Waals surface area contributed by atoms with Crippen LogP contribution in [0.1, 0.15) is 26.0 Å². The van der Waals surface area contributed by atoms with Crippen LogP contribution in [0.25, 0.3) is 0 Å². The van der Waals surface area contributed by atoms with Crippen LogP contribution in [0.4, 0.5) is 0 Å². The van der Waals surface area contributed by atoms with Gasteiger partial charge in [0.25, 0.3) is 0 Å². The molecule has 7 nitrogen and oxygen atoms in total. The molecular formula is C18H30N4O3. The van der Waals surface area contributed by atoms with Crippen LogP contribution in [0.3, 0.4) is 0 Å². The second-order valence-electron chi connectivity index (χ2n) is 6.76. The summed E-state index contributed by atoms with van der Waals surface area (Å²) in [5.74, 6) is 0.949. The Morgan fingerprint density at radius 1 is 1.24 bits per heavy atom. The number of hydrogen-bond donors (Lipinski definition) is 1. The van der Waals surface area contributed by atoms with Crippen molar-refractivity contribution < 1.29 is 14.0 Å². The topological polar surface area (TPSA) is 69.0 Å². The molecule has 0 saturated carbocycles. The molecule has 1 fully saturated rings. The number of piperazine rings is 1. The highest BCUT2D eigenvalue weighted by molar-refractivity contribution is 5.78. The highest BCUT2D eigenvalue weighted by Crippen LogP contribution is 2.06. The van der Waals surface area contributed by atoms with E-state index in [0.29, 0.717) is 19.6 Å². The minimum absolute atomic E-state index is 0.0806. The summed E-state index contributed by atoms with van der Waals surface area (Å²) in [5.41, 5.74) is 0. The van der Waals surface area contributed by atoms with Crippen LogP contribution >= 0.6 is 0 Å². The van der Waals surface area contributed by atoms with Gasteiger partial charge in [-0.2, -0.15) is 0 Å². The molecule has 0 aromatic carbocycles. The molecule has 2 amide bonds. The lowest BCUT2D eigenvalue weighted by molar-refractivity contribution is -0.132. The molecule has 2 rings (SSSR count). The molecule has 1 atom stereocenters. The van der Waals surface area contributed by atoms with Crippen molar-refractivity contribution in [2.24, 2.45) is 0 Å². The zero-order valence-corrected chi connectivity index (χ0v) is 15.5. The summed E-state index contributed by atoms with van der Waals surface area (Å²) in [4.78, 5) is 30.2. The highest BCUT2D eigenvalue weighted by atomic mass is 16.3. The zero-order chi connectivity index (χ0) is 18.2. The molecule has 1 aliphatic heterocycles. The summed E-state index contributed by atoms with van der Waals surface area (Å²) < 4.78 is 5.28. The molecule has 2 heterocycles. The molecule has 1 saturated heterocycles. The summed E-state index contributed by atoms with van der Waals surface area (Å²) in [7, 11) is 1.79. The monoisotopic (exact) mass is 350 g/mol. The van der Waals surface area contributed by atoms with Gasteiger partial charge in [-0.3, -0.25) is 19.4 Å². The van der Waals surface area contributed by atoms with Gasteiger partial charge in [0.1, 0.15) is 5.76 Å². The molecule has 1 aromatic rings. The summed E-state index contributed by atoms with van der Waals surface area (Å²) in [6.45, 7) is 8.63. The normalized spacial score (nSPS) is 17.2. The molecule has 25 heavy (non-hydrogen) atoms. The van der Waals surface area contributed by atoms with Crippen LogP contribution in [-0.2, 0) is 16.1 Å². The van der Waals surface area contributed by atoms with E-state index in [9.17, 15) is 9.59 Å². The Bertz CT molecular complexity index is 539. The van der Waals surface area contributed by atoms with Gasteiger partial charge >= 0.3 is 0 Å². The molecule has 0 spiro atoms. The Hall–Kier alpha value is -1.86. The van der Waals surface area contributed by atoms with Gasteiger partial charge in [0.15, 0.2) is 0 Å². The first-order valence-electron chi connectivity index (χ1n) is 8.98. The van der Waals surface area contributed by atoms with Gasteiger partial charge in [-0.25, -0.2) is 0 Å². The third-order valence-electron chi connectivity index (χ3n) is 4.61. The molecule has 1 aromatic heterocycles. The number of hydrogen-bond acceptors (Lipinski definition) is 5. The van der Waals surface area contributed by atoms with Crippen molar-refractivity contribution in [1.29, 1.82) is 0 Å². The summed E-state index contributed by atoms with van der Waals surface area (Å²) in [5, 5.41) is 2.99. The maximum atomic E-state index is 12.3. The molecule has 1 aliphatic rings. The average Bonchev–Trinajstić information content (AvgIpc) is 3.09. The lowest BCUT2D eigenvalue weighted by Gasteiger charge is -2.34. The SMILES string of the molecule is CCC(C)NC(=O)CN1CCN(CC(=O)N(C)Cc2ccco2)CC1. The van der Waals surface area contributed by atoms with Crippen LogP contribution in [0, 0.1) is 0 Å². The maximum Gasteiger partial charge on any atom is 0.236 e. The number of nitrogens with zero attached hydrogens (tertiary/aromatic N) is 3. The van der Waals surface area contributed by atoms with E-state index in [4.69, 9.17) is 4.42 Å². The highest BCUT2D eigenvalue weighted by Gasteiger charge is 2.22. The Balaban J connectivity index is 1.67. The smallest absolute Gasteiger partial charge is 0.236 e.